The van der Waals surface area contributed by atoms with Crippen LogP contribution in [0, 0.1) is 5.92 Å². The van der Waals surface area contributed by atoms with Crippen LogP contribution in [-0.4, -0.2) is 52.1 Å². The highest BCUT2D eigenvalue weighted by Crippen LogP contribution is 2.31. The maximum absolute atomic E-state index is 14.2. The van der Waals surface area contributed by atoms with Crippen LogP contribution in [0.4, 0.5) is 0 Å². The van der Waals surface area contributed by atoms with Crippen molar-refractivity contribution in [3.63, 3.8) is 0 Å². The van der Waals surface area contributed by atoms with Crippen LogP contribution >= 0.6 is 0 Å². The van der Waals surface area contributed by atoms with Crippen LogP contribution in [0.2, 0.25) is 0 Å². The molecule has 0 heterocycles. The van der Waals surface area contributed by atoms with Gasteiger partial charge in [-0.2, -0.15) is 0 Å². The van der Waals surface area contributed by atoms with Crippen LogP contribution in [0.5, 0.6) is 5.75 Å². The molecule has 0 aromatic heterocycles. The molecule has 262 valence electrons. The summed E-state index contributed by atoms with van der Waals surface area (Å²) in [7, 11) is 1.32. The Morgan fingerprint density at radius 1 is 0.706 bits per heavy atom. The second-order valence-corrected chi connectivity index (χ2v) is 12.6. The molecule has 0 fully saturated rings. The number of benzene rings is 5. The highest BCUT2D eigenvalue weighted by Gasteiger charge is 2.33. The van der Waals surface area contributed by atoms with Crippen LogP contribution in [-0.2, 0) is 38.7 Å². The quantitative estimate of drug-likeness (QED) is 0.102. The molecule has 2 N–H and O–H groups in total. The molecule has 9 nitrogen and oxygen atoms in total. The first-order valence-electron chi connectivity index (χ1n) is 16.8. The number of nitrogens with zero attached hydrogens (tertiary/aromatic N) is 1. The molecule has 1 amide bonds. The molecule has 3 unspecified atom stereocenters. The predicted molar refractivity (Wildman–Crippen MR) is 193 cm³/mol. The van der Waals surface area contributed by atoms with Gasteiger partial charge in [0.25, 0.3) is 0 Å². The van der Waals surface area contributed by atoms with Gasteiger partial charge in [-0.15, -0.1) is 0 Å². The summed E-state index contributed by atoms with van der Waals surface area (Å²) in [5.41, 5.74) is 4.04. The molecule has 0 aliphatic carbocycles. The fourth-order valence-electron chi connectivity index (χ4n) is 6.33. The average Bonchev–Trinajstić information content (AvgIpc) is 3.14. The van der Waals surface area contributed by atoms with Crippen molar-refractivity contribution in [3.05, 3.63) is 149 Å². The van der Waals surface area contributed by atoms with Gasteiger partial charge in [0.2, 0.25) is 5.91 Å². The highest BCUT2D eigenvalue weighted by atomic mass is 16.5. The molecule has 0 bridgehead atoms. The first-order chi connectivity index (χ1) is 24.6. The third-order valence-corrected chi connectivity index (χ3v) is 9.11. The minimum Gasteiger partial charge on any atom is -0.489 e. The zero-order valence-electron chi connectivity index (χ0n) is 28.6. The number of fused-ring (bicyclic) bond motifs is 1. The van der Waals surface area contributed by atoms with Crippen molar-refractivity contribution in [3.8, 4) is 5.75 Å². The van der Waals surface area contributed by atoms with Gasteiger partial charge in [0, 0.05) is 24.9 Å². The van der Waals surface area contributed by atoms with Crippen molar-refractivity contribution in [2.45, 2.75) is 51.3 Å². The Morgan fingerprint density at radius 3 is 2.08 bits per heavy atom. The molecule has 5 aromatic carbocycles. The summed E-state index contributed by atoms with van der Waals surface area (Å²) in [6.07, 6.45) is -0.647. The van der Waals surface area contributed by atoms with Crippen LogP contribution in [0.15, 0.2) is 121 Å². The van der Waals surface area contributed by atoms with Crippen LogP contribution in [0.3, 0.4) is 0 Å². The molecular formula is C42H41NO8. The summed E-state index contributed by atoms with van der Waals surface area (Å²) < 4.78 is 10.9. The van der Waals surface area contributed by atoms with Crippen molar-refractivity contribution >= 4 is 34.6 Å². The predicted octanol–water partition coefficient (Wildman–Crippen LogP) is 7.51. The summed E-state index contributed by atoms with van der Waals surface area (Å²) in [5, 5.41) is 21.3. The van der Waals surface area contributed by atoms with Gasteiger partial charge >= 0.3 is 17.9 Å². The minimum atomic E-state index is -1.39. The number of hydrogen-bond donors (Lipinski definition) is 2. The van der Waals surface area contributed by atoms with Crippen LogP contribution in [0.25, 0.3) is 10.8 Å². The topological polar surface area (TPSA) is 130 Å². The molecule has 0 spiro atoms. The van der Waals surface area contributed by atoms with E-state index in [-0.39, 0.29) is 12.5 Å². The number of amides is 1. The molecule has 51 heavy (non-hydrogen) atoms. The number of para-hydroxylation sites is 1. The van der Waals surface area contributed by atoms with E-state index >= 15 is 0 Å². The second-order valence-electron chi connectivity index (χ2n) is 12.6. The van der Waals surface area contributed by atoms with E-state index in [1.165, 1.54) is 7.11 Å². The summed E-state index contributed by atoms with van der Waals surface area (Å²) >= 11 is 0. The zero-order chi connectivity index (χ0) is 36.3. The number of carboxylic acid groups (broad SMARTS) is 2. The van der Waals surface area contributed by atoms with E-state index in [1.807, 2.05) is 110 Å². The first-order valence-corrected chi connectivity index (χ1v) is 16.8. The number of carboxylic acids is 2. The normalized spacial score (nSPS) is 12.7. The van der Waals surface area contributed by atoms with Gasteiger partial charge in [-0.3, -0.25) is 14.4 Å². The number of aliphatic carboxylic acids is 2. The molecule has 0 saturated carbocycles. The lowest BCUT2D eigenvalue weighted by molar-refractivity contribution is -0.151. The van der Waals surface area contributed by atoms with E-state index in [4.69, 9.17) is 9.47 Å². The molecule has 0 radical (unpaired) electrons. The van der Waals surface area contributed by atoms with E-state index in [0.717, 1.165) is 38.8 Å². The number of esters is 1. The third-order valence-electron chi connectivity index (χ3n) is 9.11. The summed E-state index contributed by atoms with van der Waals surface area (Å²) in [6.45, 7) is 2.46. The van der Waals surface area contributed by atoms with Gasteiger partial charge in [0.05, 0.1) is 25.0 Å². The van der Waals surface area contributed by atoms with Gasteiger partial charge in [0.1, 0.15) is 12.4 Å². The Morgan fingerprint density at radius 2 is 1.39 bits per heavy atom. The van der Waals surface area contributed by atoms with Gasteiger partial charge in [-0.1, -0.05) is 91.0 Å². The Balaban J connectivity index is 1.51. The smallest absolute Gasteiger partial charge is 0.337 e. The lowest BCUT2D eigenvalue weighted by atomic mass is 9.84. The summed E-state index contributed by atoms with van der Waals surface area (Å²) in [5.74, 6) is -4.51. The molecule has 0 aliphatic rings. The van der Waals surface area contributed by atoms with Crippen molar-refractivity contribution in [1.82, 2.24) is 4.90 Å². The number of methoxy groups -OCH3 is 1. The highest BCUT2D eigenvalue weighted by molar-refractivity contribution is 5.89. The minimum absolute atomic E-state index is 0.173. The lowest BCUT2D eigenvalue weighted by Gasteiger charge is -2.36. The molecule has 3 atom stereocenters. The van der Waals surface area contributed by atoms with Gasteiger partial charge in [0.15, 0.2) is 0 Å². The zero-order valence-corrected chi connectivity index (χ0v) is 28.6. The number of hydrogen-bond acceptors (Lipinski definition) is 6. The fourth-order valence-corrected chi connectivity index (χ4v) is 6.33. The average molecular weight is 688 g/mol. The lowest BCUT2D eigenvalue weighted by Crippen LogP contribution is -2.43. The first kappa shape index (κ1) is 36.3. The van der Waals surface area contributed by atoms with Crippen LogP contribution in [0.1, 0.15) is 58.3 Å². The van der Waals surface area contributed by atoms with E-state index < -0.39 is 48.6 Å². The number of carbonyl (C=O) groups is 4. The van der Waals surface area contributed by atoms with Crippen molar-refractivity contribution in [2.24, 2.45) is 5.92 Å². The molecule has 0 aliphatic heterocycles. The second kappa shape index (κ2) is 17.1. The largest absolute Gasteiger partial charge is 0.489 e. The standard InChI is InChI=1S/C42H41NO8/c1-28(43(39(44)24-36(41(47)48)25-40(45)46)26-30-15-16-32-11-6-7-12-35(32)22-30)38(33-17-19-34(20-18-33)42(49)50-2)23-29-9-8-10-31(21-29)27-51-37-13-4-3-5-14-37/h3-22,28,36,38H,23-27H2,1-2H3,(H,45,46)(H,47,48). The Bertz CT molecular complexity index is 1970. The maximum Gasteiger partial charge on any atom is 0.337 e. The van der Waals surface area contributed by atoms with Gasteiger partial charge < -0.3 is 24.6 Å². The molecule has 5 rings (SSSR count). The van der Waals surface area contributed by atoms with Crippen molar-refractivity contribution in [1.29, 1.82) is 0 Å². The number of rotatable bonds is 16. The van der Waals surface area contributed by atoms with Gasteiger partial charge in [-0.25, -0.2) is 4.79 Å². The van der Waals surface area contributed by atoms with E-state index in [9.17, 15) is 29.4 Å². The summed E-state index contributed by atoms with van der Waals surface area (Å²) in [4.78, 5) is 51.7. The Labute approximate surface area is 297 Å². The van der Waals surface area contributed by atoms with Crippen molar-refractivity contribution < 1.29 is 38.9 Å². The fraction of sp³-hybridized carbons (Fsp3) is 0.238. The van der Waals surface area contributed by atoms with Crippen LogP contribution < -0.4 is 4.74 Å². The monoisotopic (exact) mass is 687 g/mol. The van der Waals surface area contributed by atoms with E-state index in [1.54, 1.807) is 17.0 Å². The molecule has 9 heteroatoms. The Hall–Kier alpha value is -5.96. The number of ether oxygens (including phenoxy) is 2. The summed E-state index contributed by atoms with van der Waals surface area (Å²) in [6, 6.07) is 37.9. The number of carbonyl (C=O) groups excluding carboxylic acids is 2. The van der Waals surface area contributed by atoms with E-state index in [0.29, 0.717) is 18.6 Å². The molecular weight excluding hydrogens is 646 g/mol. The SMILES string of the molecule is COC(=O)c1ccc(C(Cc2cccc(COc3ccccc3)c2)C(C)N(Cc2ccc3ccccc3c2)C(=O)CC(CC(=O)O)C(=O)O)cc1. The third kappa shape index (κ3) is 9.82. The maximum atomic E-state index is 14.2. The van der Waals surface area contributed by atoms with Gasteiger partial charge in [-0.05, 0) is 76.7 Å². The molecule has 0 saturated heterocycles. The van der Waals surface area contributed by atoms with Crippen molar-refractivity contribution in [2.75, 3.05) is 7.11 Å². The van der Waals surface area contributed by atoms with E-state index in [2.05, 4.69) is 6.07 Å². The Kier molecular flexibility index (Phi) is 12.2. The molecule has 5 aromatic rings.